The minimum Gasteiger partial charge on any atom is -0.480 e. The zero-order valence-electron chi connectivity index (χ0n) is 26.1. The topological polar surface area (TPSA) is 203 Å². The van der Waals surface area contributed by atoms with Gasteiger partial charge in [-0.05, 0) is 51.6 Å². The number of cyclic esters (lactones) is 2. The van der Waals surface area contributed by atoms with Crippen LogP contribution in [0.5, 0.6) is 0 Å². The van der Waals surface area contributed by atoms with Crippen molar-refractivity contribution in [3.8, 4) is 0 Å². The van der Waals surface area contributed by atoms with Crippen molar-refractivity contribution in [2.75, 3.05) is 65.7 Å². The number of hydrogen-bond donors (Lipinski definition) is 4. The number of nitrogens with zero attached hydrogens (tertiary/aromatic N) is 3. The average Bonchev–Trinajstić information content (AvgIpc) is 3.47. The summed E-state index contributed by atoms with van der Waals surface area (Å²) in [6.07, 6.45) is 1.21. The SMILES string of the molecule is C[C@@H](NC(=O)CCC(=O)CN1CCC2CCN(CC(=O)O)CCN(CC1)CC(=O)OCOC(=O)C2)C(=O)C1CCC[C@H]1C(O)O. The van der Waals surface area contributed by atoms with Gasteiger partial charge in [0.1, 0.15) is 5.78 Å². The fourth-order valence-corrected chi connectivity index (χ4v) is 6.32. The molecule has 2 aliphatic heterocycles. The number of ether oxygens (including phenoxy) is 2. The van der Waals surface area contributed by atoms with Crippen LogP contribution in [-0.2, 0) is 38.2 Å². The van der Waals surface area contributed by atoms with Crippen molar-refractivity contribution in [1.82, 2.24) is 20.0 Å². The lowest BCUT2D eigenvalue weighted by Gasteiger charge is -2.32. The molecule has 1 aliphatic carbocycles. The Labute approximate surface area is 263 Å². The highest BCUT2D eigenvalue weighted by Gasteiger charge is 2.38. The van der Waals surface area contributed by atoms with Crippen LogP contribution in [0, 0.1) is 17.8 Å². The fourth-order valence-electron chi connectivity index (χ4n) is 6.32. The Kier molecular flexibility index (Phi) is 14.8. The predicted octanol–water partition coefficient (Wildman–Crippen LogP) is -1.02. The zero-order chi connectivity index (χ0) is 32.9. The lowest BCUT2D eigenvalue weighted by molar-refractivity contribution is -0.169. The number of ketones is 2. The molecule has 0 aromatic carbocycles. The smallest absolute Gasteiger partial charge is 0.323 e. The standard InChI is InChI=1S/C30H48N4O11/c1-20(29(41)23-3-2-4-24(23)30(42)43)31-25(36)6-5-22(35)16-32-9-7-21-8-10-33(17-26(37)38)12-14-34(13-11-32)18-28(40)45-19-44-27(39)15-21/h20-21,23-24,30,42-43H,2-19H2,1H3,(H,31,36)(H,37,38)/t20-,21?,23?,24-/m1/s1. The Bertz CT molecular complexity index is 1020. The molecule has 4 N–H and O–H groups in total. The van der Waals surface area contributed by atoms with Crippen LogP contribution in [0.4, 0.5) is 0 Å². The van der Waals surface area contributed by atoms with Gasteiger partial charge < -0.3 is 30.1 Å². The number of Topliss-reactive ketones (excluding diaryl/α,β-unsaturated/α-hetero) is 2. The van der Waals surface area contributed by atoms with E-state index in [2.05, 4.69) is 5.32 Å². The second-order valence-electron chi connectivity index (χ2n) is 12.4. The maximum atomic E-state index is 13.0. The number of esters is 2. The first-order valence-corrected chi connectivity index (χ1v) is 15.8. The van der Waals surface area contributed by atoms with Gasteiger partial charge in [0.2, 0.25) is 12.7 Å². The molecule has 0 aromatic heterocycles. The van der Waals surface area contributed by atoms with Crippen LogP contribution < -0.4 is 5.32 Å². The highest BCUT2D eigenvalue weighted by Crippen LogP contribution is 2.34. The van der Waals surface area contributed by atoms with Crippen molar-refractivity contribution < 1.29 is 53.6 Å². The molecular weight excluding hydrogens is 592 g/mol. The van der Waals surface area contributed by atoms with Crippen molar-refractivity contribution >= 4 is 35.4 Å². The second kappa shape index (κ2) is 18.2. The van der Waals surface area contributed by atoms with Gasteiger partial charge in [-0.2, -0.15) is 0 Å². The molecule has 15 nitrogen and oxygen atoms in total. The quantitative estimate of drug-likeness (QED) is 0.158. The Morgan fingerprint density at radius 3 is 2.16 bits per heavy atom. The van der Waals surface area contributed by atoms with Gasteiger partial charge in [0.15, 0.2) is 12.1 Å². The Balaban J connectivity index is 1.59. The molecule has 0 radical (unpaired) electrons. The van der Waals surface area contributed by atoms with Gasteiger partial charge >= 0.3 is 17.9 Å². The van der Waals surface area contributed by atoms with Gasteiger partial charge in [-0.3, -0.25) is 43.5 Å². The maximum Gasteiger partial charge on any atom is 0.323 e. The van der Waals surface area contributed by atoms with E-state index in [1.54, 1.807) is 11.8 Å². The highest BCUT2D eigenvalue weighted by molar-refractivity contribution is 5.92. The van der Waals surface area contributed by atoms with Gasteiger partial charge in [0, 0.05) is 57.3 Å². The number of nitrogens with one attached hydrogen (secondary N) is 1. The largest absolute Gasteiger partial charge is 0.480 e. The van der Waals surface area contributed by atoms with Gasteiger partial charge in [0.05, 0.1) is 25.7 Å². The van der Waals surface area contributed by atoms with Crippen LogP contribution in [0.15, 0.2) is 0 Å². The number of carboxylic acid groups (broad SMARTS) is 1. The van der Waals surface area contributed by atoms with Crippen molar-refractivity contribution in [1.29, 1.82) is 0 Å². The molecule has 3 fully saturated rings. The van der Waals surface area contributed by atoms with Gasteiger partial charge in [-0.25, -0.2) is 0 Å². The second-order valence-corrected chi connectivity index (χ2v) is 12.4. The molecule has 0 spiro atoms. The van der Waals surface area contributed by atoms with E-state index in [1.807, 2.05) is 9.80 Å². The lowest BCUT2D eigenvalue weighted by atomic mass is 9.88. The Morgan fingerprint density at radius 2 is 1.51 bits per heavy atom. The third-order valence-corrected chi connectivity index (χ3v) is 8.93. The molecule has 5 atom stereocenters. The summed E-state index contributed by atoms with van der Waals surface area (Å²) in [7, 11) is 0. The van der Waals surface area contributed by atoms with Crippen molar-refractivity contribution in [3.05, 3.63) is 0 Å². The number of rotatable bonds is 11. The summed E-state index contributed by atoms with van der Waals surface area (Å²) >= 11 is 0. The molecule has 3 aliphatic rings. The number of amides is 1. The molecule has 45 heavy (non-hydrogen) atoms. The molecule has 1 amide bonds. The molecule has 2 saturated heterocycles. The van der Waals surface area contributed by atoms with E-state index >= 15 is 0 Å². The van der Waals surface area contributed by atoms with Gasteiger partial charge in [-0.1, -0.05) is 6.42 Å². The lowest BCUT2D eigenvalue weighted by Crippen LogP contribution is -2.46. The first-order chi connectivity index (χ1) is 21.4. The maximum absolute atomic E-state index is 13.0. The van der Waals surface area contributed by atoms with Crippen LogP contribution in [0.3, 0.4) is 0 Å². The third kappa shape index (κ3) is 12.7. The Morgan fingerprint density at radius 1 is 0.867 bits per heavy atom. The monoisotopic (exact) mass is 640 g/mol. The van der Waals surface area contributed by atoms with E-state index < -0.39 is 54.8 Å². The van der Waals surface area contributed by atoms with Crippen LogP contribution in [0.1, 0.15) is 58.3 Å². The minimum absolute atomic E-state index is 0.0411. The molecule has 3 unspecified atom stereocenters. The van der Waals surface area contributed by atoms with E-state index in [0.29, 0.717) is 71.4 Å². The molecule has 1 saturated carbocycles. The summed E-state index contributed by atoms with van der Waals surface area (Å²) in [5.41, 5.74) is 0. The number of aliphatic hydroxyl groups is 2. The molecule has 2 bridgehead atoms. The average molecular weight is 641 g/mol. The molecule has 2 heterocycles. The van der Waals surface area contributed by atoms with Crippen molar-refractivity contribution in [2.45, 2.75) is 70.6 Å². The molecular formula is C30H48N4O11. The number of fused-ring (bicyclic) bond motifs is 6. The summed E-state index contributed by atoms with van der Waals surface area (Å²) in [5, 5.41) is 31.1. The summed E-state index contributed by atoms with van der Waals surface area (Å²) in [5.74, 6) is -4.18. The number of carbonyl (C=O) groups excluding carboxylic acids is 5. The van der Waals surface area contributed by atoms with E-state index in [4.69, 9.17) is 9.47 Å². The van der Waals surface area contributed by atoms with E-state index in [0.717, 1.165) is 0 Å². The zero-order valence-corrected chi connectivity index (χ0v) is 26.1. The predicted molar refractivity (Wildman–Crippen MR) is 157 cm³/mol. The number of aliphatic hydroxyl groups excluding tert-OH is 1. The van der Waals surface area contributed by atoms with Crippen LogP contribution >= 0.6 is 0 Å². The number of carboxylic acids is 1. The third-order valence-electron chi connectivity index (χ3n) is 8.93. The summed E-state index contributed by atoms with van der Waals surface area (Å²) in [6, 6.07) is -0.813. The summed E-state index contributed by atoms with van der Waals surface area (Å²) in [4.78, 5) is 80.2. The van der Waals surface area contributed by atoms with Crippen molar-refractivity contribution in [2.24, 2.45) is 17.8 Å². The molecule has 0 aromatic rings. The summed E-state index contributed by atoms with van der Waals surface area (Å²) in [6.45, 7) is 3.42. The molecule has 254 valence electrons. The van der Waals surface area contributed by atoms with E-state index in [-0.39, 0.29) is 56.4 Å². The minimum atomic E-state index is -1.58. The first kappa shape index (κ1) is 36.5. The van der Waals surface area contributed by atoms with Crippen LogP contribution in [0.25, 0.3) is 0 Å². The Hall–Kier alpha value is -2.98. The highest BCUT2D eigenvalue weighted by atomic mass is 16.7. The fraction of sp³-hybridized carbons (Fsp3) is 0.800. The number of aliphatic carboxylic acids is 1. The van der Waals surface area contributed by atoms with E-state index in [9.17, 15) is 44.1 Å². The first-order valence-electron chi connectivity index (χ1n) is 15.8. The number of hydrogen-bond acceptors (Lipinski definition) is 13. The normalized spacial score (nSPS) is 26.9. The number of carbonyl (C=O) groups is 6. The van der Waals surface area contributed by atoms with Gasteiger partial charge in [0.25, 0.3) is 0 Å². The molecule has 15 heteroatoms. The van der Waals surface area contributed by atoms with Crippen LogP contribution in [-0.4, -0.2) is 143 Å². The van der Waals surface area contributed by atoms with Crippen molar-refractivity contribution in [3.63, 3.8) is 0 Å². The van der Waals surface area contributed by atoms with Gasteiger partial charge in [-0.15, -0.1) is 0 Å². The molecule has 3 rings (SSSR count). The van der Waals surface area contributed by atoms with E-state index in [1.165, 1.54) is 0 Å². The summed E-state index contributed by atoms with van der Waals surface area (Å²) < 4.78 is 10.2. The van der Waals surface area contributed by atoms with Crippen LogP contribution in [0.2, 0.25) is 0 Å².